The highest BCUT2D eigenvalue weighted by molar-refractivity contribution is 5.65. The van der Waals surface area contributed by atoms with Crippen molar-refractivity contribution < 1.29 is 20.4 Å². The second-order valence-electron chi connectivity index (χ2n) is 12.2. The third-order valence-electron chi connectivity index (χ3n) is 5.56. The summed E-state index contributed by atoms with van der Waals surface area (Å²) in [5.74, 6) is 0. The summed E-state index contributed by atoms with van der Waals surface area (Å²) in [5.41, 5.74) is -0.239. The number of unbranched alkanes of at least 4 members (excludes halogenated alkanes) is 3. The summed E-state index contributed by atoms with van der Waals surface area (Å²) in [6, 6.07) is 0. The Bertz CT molecular complexity index is 532. The van der Waals surface area contributed by atoms with Gasteiger partial charge in [-0.25, -0.2) is 0 Å². The lowest BCUT2D eigenvalue weighted by Gasteiger charge is -2.31. The lowest BCUT2D eigenvalue weighted by molar-refractivity contribution is 0.0710. The molecule has 8 nitrogen and oxygen atoms in total. The van der Waals surface area contributed by atoms with E-state index in [0.717, 1.165) is 51.9 Å². The molecule has 8 heteroatoms. The zero-order valence-electron chi connectivity index (χ0n) is 24.5. The van der Waals surface area contributed by atoms with Gasteiger partial charge in [-0.3, -0.25) is 19.8 Å². The maximum atomic E-state index is 9.73. The predicted octanol–water partition coefficient (Wildman–Crippen LogP) is 2.87. The van der Waals surface area contributed by atoms with Crippen molar-refractivity contribution in [2.24, 2.45) is 20.8 Å². The Hall–Kier alpha value is -0.900. The Morgan fingerprint density at radius 1 is 0.556 bits per heavy atom. The van der Waals surface area contributed by atoms with Gasteiger partial charge in [0.2, 0.25) is 0 Å². The molecule has 214 valence electrons. The molecule has 0 aliphatic rings. The van der Waals surface area contributed by atoms with Crippen LogP contribution in [0.1, 0.15) is 81.1 Å². The molecule has 4 atom stereocenters. The van der Waals surface area contributed by atoms with Gasteiger partial charge in [-0.15, -0.1) is 0 Å². The second-order valence-corrected chi connectivity index (χ2v) is 12.2. The number of aliphatic imine (C=N–C) groups is 2. The molecule has 0 aliphatic carbocycles. The molecule has 0 radical (unpaired) electrons. The minimum absolute atomic E-state index is 0.120. The maximum absolute atomic E-state index is 9.73. The molecule has 0 heterocycles. The topological polar surface area (TPSA) is 112 Å². The van der Waals surface area contributed by atoms with E-state index in [2.05, 4.69) is 47.5 Å². The van der Waals surface area contributed by atoms with Gasteiger partial charge in [0, 0.05) is 75.6 Å². The molecule has 0 bridgehead atoms. The third-order valence-corrected chi connectivity index (χ3v) is 5.56. The van der Waals surface area contributed by atoms with Gasteiger partial charge in [0.25, 0.3) is 0 Å². The summed E-state index contributed by atoms with van der Waals surface area (Å²) in [6.45, 7) is 21.0. The molecule has 4 N–H and O–H groups in total. The van der Waals surface area contributed by atoms with Gasteiger partial charge in [-0.05, 0) is 40.5 Å². The molecule has 0 aromatic carbocycles. The lowest BCUT2D eigenvalue weighted by Crippen LogP contribution is -2.42. The molecule has 0 saturated heterocycles. The van der Waals surface area contributed by atoms with Gasteiger partial charge in [0.05, 0.1) is 24.4 Å². The van der Waals surface area contributed by atoms with Crippen LogP contribution in [0.2, 0.25) is 0 Å². The van der Waals surface area contributed by atoms with Gasteiger partial charge in [0.15, 0.2) is 0 Å². The SMILES string of the molecule is CC(O)CN(CC(C)O)CC(C)(C)C=NCCCCCCN=CC(C)(C)CN(CC(C)O)CC(C)O. The molecule has 0 aliphatic heterocycles. The Kier molecular flexibility index (Phi) is 17.9. The number of aliphatic hydroxyl groups excluding tert-OH is 4. The second kappa shape index (κ2) is 18.4. The van der Waals surface area contributed by atoms with Crippen LogP contribution < -0.4 is 0 Å². The van der Waals surface area contributed by atoms with Crippen molar-refractivity contribution in [1.29, 1.82) is 0 Å². The number of aliphatic hydroxyl groups is 4. The van der Waals surface area contributed by atoms with Crippen molar-refractivity contribution in [3.05, 3.63) is 0 Å². The third kappa shape index (κ3) is 21.2. The van der Waals surface area contributed by atoms with Crippen molar-refractivity contribution >= 4 is 12.4 Å². The molecular weight excluding hydrogens is 456 g/mol. The fraction of sp³-hybridized carbons (Fsp3) is 0.929. The Morgan fingerprint density at radius 2 is 0.833 bits per heavy atom. The fourth-order valence-electron chi connectivity index (χ4n) is 4.52. The maximum Gasteiger partial charge on any atom is 0.0639 e. The zero-order valence-corrected chi connectivity index (χ0v) is 24.5. The number of hydrogen-bond acceptors (Lipinski definition) is 8. The molecule has 0 fully saturated rings. The van der Waals surface area contributed by atoms with Crippen LogP contribution in [0, 0.1) is 10.8 Å². The molecule has 4 unspecified atom stereocenters. The largest absolute Gasteiger partial charge is 0.392 e. The van der Waals surface area contributed by atoms with Gasteiger partial charge in [-0.1, -0.05) is 40.5 Å². The van der Waals surface area contributed by atoms with Gasteiger partial charge < -0.3 is 20.4 Å². The summed E-state index contributed by atoms with van der Waals surface area (Å²) >= 11 is 0. The van der Waals surface area contributed by atoms with E-state index < -0.39 is 24.4 Å². The van der Waals surface area contributed by atoms with Crippen LogP contribution in [0.15, 0.2) is 9.98 Å². The van der Waals surface area contributed by atoms with Crippen molar-refractivity contribution in [1.82, 2.24) is 9.80 Å². The molecule has 0 spiro atoms. The first-order valence-electron chi connectivity index (χ1n) is 13.8. The first kappa shape index (κ1) is 35.1. The monoisotopic (exact) mass is 514 g/mol. The van der Waals surface area contributed by atoms with Crippen LogP contribution in [-0.2, 0) is 0 Å². The van der Waals surface area contributed by atoms with Crippen LogP contribution in [0.25, 0.3) is 0 Å². The van der Waals surface area contributed by atoms with E-state index in [9.17, 15) is 20.4 Å². The molecule has 0 aromatic heterocycles. The van der Waals surface area contributed by atoms with E-state index in [-0.39, 0.29) is 10.8 Å². The van der Waals surface area contributed by atoms with E-state index in [1.54, 1.807) is 27.7 Å². The normalized spacial score (nSPS) is 16.9. The van der Waals surface area contributed by atoms with Gasteiger partial charge >= 0.3 is 0 Å². The van der Waals surface area contributed by atoms with Crippen LogP contribution >= 0.6 is 0 Å². The van der Waals surface area contributed by atoms with Crippen molar-refractivity contribution in [2.75, 3.05) is 52.4 Å². The van der Waals surface area contributed by atoms with Crippen LogP contribution in [0.4, 0.5) is 0 Å². The van der Waals surface area contributed by atoms with E-state index in [0.29, 0.717) is 26.2 Å². The summed E-state index contributed by atoms with van der Waals surface area (Å²) in [6.07, 6.45) is 6.72. The minimum Gasteiger partial charge on any atom is -0.392 e. The standard InChI is InChI=1S/C28H58N4O4/c1-23(33)15-31(16-24(2)34)21-27(5,6)19-29-13-11-9-10-12-14-30-20-28(7,8)22-32(17-25(3)35)18-26(4)36/h19-20,23-26,33-36H,9-18,21-22H2,1-8H3. The van der Waals surface area contributed by atoms with Crippen LogP contribution in [0.3, 0.4) is 0 Å². The highest BCUT2D eigenvalue weighted by Crippen LogP contribution is 2.17. The summed E-state index contributed by atoms with van der Waals surface area (Å²) in [7, 11) is 0. The number of nitrogens with zero attached hydrogens (tertiary/aromatic N) is 4. The van der Waals surface area contributed by atoms with Crippen LogP contribution in [0.5, 0.6) is 0 Å². The quantitative estimate of drug-likeness (QED) is 0.138. The first-order valence-corrected chi connectivity index (χ1v) is 13.8. The first-order chi connectivity index (χ1) is 16.6. The fourth-order valence-corrected chi connectivity index (χ4v) is 4.52. The highest BCUT2D eigenvalue weighted by Gasteiger charge is 2.23. The average molecular weight is 515 g/mol. The Labute approximate surface area is 221 Å². The van der Waals surface area contributed by atoms with E-state index in [1.165, 1.54) is 0 Å². The zero-order chi connectivity index (χ0) is 27.8. The molecule has 36 heavy (non-hydrogen) atoms. The van der Waals surface area contributed by atoms with E-state index in [4.69, 9.17) is 0 Å². The molecule has 0 rings (SSSR count). The number of rotatable bonds is 21. The Morgan fingerprint density at radius 3 is 1.08 bits per heavy atom. The lowest BCUT2D eigenvalue weighted by atomic mass is 9.94. The predicted molar refractivity (Wildman–Crippen MR) is 152 cm³/mol. The average Bonchev–Trinajstić information content (AvgIpc) is 2.66. The van der Waals surface area contributed by atoms with Crippen molar-refractivity contribution in [3.8, 4) is 0 Å². The van der Waals surface area contributed by atoms with Gasteiger partial charge in [0.1, 0.15) is 0 Å². The molecule has 0 amide bonds. The number of hydrogen-bond donors (Lipinski definition) is 4. The molecule has 0 saturated carbocycles. The molecular formula is C28H58N4O4. The van der Waals surface area contributed by atoms with Gasteiger partial charge in [-0.2, -0.15) is 0 Å². The summed E-state index contributed by atoms with van der Waals surface area (Å²) in [5, 5.41) is 38.9. The summed E-state index contributed by atoms with van der Waals surface area (Å²) in [4.78, 5) is 13.5. The van der Waals surface area contributed by atoms with Crippen LogP contribution in [-0.4, -0.2) is 119 Å². The van der Waals surface area contributed by atoms with Crippen molar-refractivity contribution in [3.63, 3.8) is 0 Å². The molecule has 0 aromatic rings. The van der Waals surface area contributed by atoms with E-state index >= 15 is 0 Å². The summed E-state index contributed by atoms with van der Waals surface area (Å²) < 4.78 is 0. The minimum atomic E-state index is -0.424. The van der Waals surface area contributed by atoms with E-state index in [1.807, 2.05) is 12.4 Å². The smallest absolute Gasteiger partial charge is 0.0639 e. The Balaban J connectivity index is 4.26. The van der Waals surface area contributed by atoms with Crippen molar-refractivity contribution in [2.45, 2.75) is 105 Å². The highest BCUT2D eigenvalue weighted by atomic mass is 16.3.